The first kappa shape index (κ1) is 20.3. The molecule has 0 bridgehead atoms. The average Bonchev–Trinajstić information content (AvgIpc) is 3.39. The molecule has 0 aliphatic rings. The maximum absolute atomic E-state index is 12.2. The van der Waals surface area contributed by atoms with E-state index in [4.69, 9.17) is 16.0 Å². The summed E-state index contributed by atoms with van der Waals surface area (Å²) in [4.78, 5) is 16.8. The number of halogens is 2. The molecule has 2 heterocycles. The van der Waals surface area contributed by atoms with Gasteiger partial charge in [-0.25, -0.2) is 10.4 Å². The van der Waals surface area contributed by atoms with E-state index in [0.717, 1.165) is 22.1 Å². The molecule has 4 aromatic rings. The Labute approximate surface area is 189 Å². The summed E-state index contributed by atoms with van der Waals surface area (Å²) in [7, 11) is 0. The number of thiazole rings is 1. The summed E-state index contributed by atoms with van der Waals surface area (Å²) < 4.78 is 5.88. The molecule has 0 saturated heterocycles. The highest BCUT2D eigenvalue weighted by molar-refractivity contribution is 9.10. The van der Waals surface area contributed by atoms with Gasteiger partial charge in [-0.1, -0.05) is 23.7 Å². The molecule has 0 aliphatic carbocycles. The number of anilines is 2. The molecule has 0 saturated carbocycles. The van der Waals surface area contributed by atoms with E-state index in [1.165, 1.54) is 17.6 Å². The zero-order valence-corrected chi connectivity index (χ0v) is 18.5. The molecule has 2 aromatic carbocycles. The quantitative estimate of drug-likeness (QED) is 0.239. The van der Waals surface area contributed by atoms with Crippen molar-refractivity contribution in [3.63, 3.8) is 0 Å². The minimum atomic E-state index is -0.313. The minimum Gasteiger partial charge on any atom is -0.448 e. The van der Waals surface area contributed by atoms with Crippen molar-refractivity contribution in [1.29, 1.82) is 0 Å². The third kappa shape index (κ3) is 5.15. The van der Waals surface area contributed by atoms with E-state index in [1.807, 2.05) is 41.8 Å². The number of hydrazone groups is 1. The molecular formula is C21H14BrClN4O2S. The second kappa shape index (κ2) is 9.25. The summed E-state index contributed by atoms with van der Waals surface area (Å²) in [6.45, 7) is 0. The molecule has 150 valence electrons. The Morgan fingerprint density at radius 2 is 1.87 bits per heavy atom. The number of rotatable bonds is 6. The molecule has 6 nitrogen and oxygen atoms in total. The molecule has 0 spiro atoms. The molecule has 0 atom stereocenters. The Bertz CT molecular complexity index is 1190. The van der Waals surface area contributed by atoms with Crippen LogP contribution >= 0.6 is 38.9 Å². The van der Waals surface area contributed by atoms with Gasteiger partial charge in [-0.15, -0.1) is 11.3 Å². The van der Waals surface area contributed by atoms with Crippen LogP contribution in [0.5, 0.6) is 0 Å². The van der Waals surface area contributed by atoms with Gasteiger partial charge in [0.15, 0.2) is 9.80 Å². The Morgan fingerprint density at radius 3 is 2.57 bits per heavy atom. The topological polar surface area (TPSA) is 79.5 Å². The van der Waals surface area contributed by atoms with Crippen LogP contribution < -0.4 is 10.7 Å². The van der Waals surface area contributed by atoms with Gasteiger partial charge in [-0.3, -0.25) is 4.79 Å². The number of furan rings is 1. The molecule has 0 unspecified atom stereocenters. The summed E-state index contributed by atoms with van der Waals surface area (Å²) in [5.41, 5.74) is 5.61. The number of hydrogen-bond acceptors (Lipinski definition) is 6. The average molecular weight is 502 g/mol. The van der Waals surface area contributed by atoms with Crippen molar-refractivity contribution in [2.75, 3.05) is 5.32 Å². The van der Waals surface area contributed by atoms with Crippen molar-refractivity contribution in [2.24, 2.45) is 5.10 Å². The van der Waals surface area contributed by atoms with Crippen molar-refractivity contribution in [2.45, 2.75) is 0 Å². The second-order valence-corrected chi connectivity index (χ2v) is 8.16. The maximum atomic E-state index is 12.2. The third-order valence-electron chi connectivity index (χ3n) is 3.99. The highest BCUT2D eigenvalue weighted by Gasteiger charge is 2.08. The van der Waals surface area contributed by atoms with Crippen molar-refractivity contribution in [3.05, 3.63) is 87.1 Å². The summed E-state index contributed by atoms with van der Waals surface area (Å²) in [5, 5.41) is 10.6. The zero-order valence-electron chi connectivity index (χ0n) is 15.3. The molecule has 0 radical (unpaired) electrons. The van der Waals surface area contributed by atoms with E-state index in [1.54, 1.807) is 24.3 Å². The van der Waals surface area contributed by atoms with E-state index in [9.17, 15) is 4.79 Å². The first-order valence-corrected chi connectivity index (χ1v) is 10.8. The van der Waals surface area contributed by atoms with Gasteiger partial charge in [0.2, 0.25) is 0 Å². The molecule has 2 aromatic heterocycles. The van der Waals surface area contributed by atoms with Crippen LogP contribution in [0.25, 0.3) is 11.3 Å². The van der Waals surface area contributed by atoms with Gasteiger partial charge >= 0.3 is 0 Å². The first-order valence-electron chi connectivity index (χ1n) is 8.74. The van der Waals surface area contributed by atoms with Gasteiger partial charge in [-0.2, -0.15) is 5.10 Å². The monoisotopic (exact) mass is 500 g/mol. The van der Waals surface area contributed by atoms with Crippen LogP contribution in [0, 0.1) is 0 Å². The summed E-state index contributed by atoms with van der Waals surface area (Å²) in [6.07, 6.45) is 1.43. The molecular weight excluding hydrogens is 488 g/mol. The lowest BCUT2D eigenvalue weighted by atomic mass is 10.1. The van der Waals surface area contributed by atoms with Crippen molar-refractivity contribution in [1.82, 2.24) is 10.4 Å². The maximum Gasteiger partial charge on any atom is 0.271 e. The normalized spacial score (nSPS) is 11.0. The summed E-state index contributed by atoms with van der Waals surface area (Å²) >= 11 is 10.6. The number of carbonyl (C=O) groups is 1. The first-order chi connectivity index (χ1) is 14.6. The van der Waals surface area contributed by atoms with Gasteiger partial charge < -0.3 is 9.73 Å². The van der Waals surface area contributed by atoms with Crippen LogP contribution in [0.2, 0.25) is 5.02 Å². The van der Waals surface area contributed by atoms with Crippen LogP contribution in [-0.2, 0) is 0 Å². The molecule has 2 N–H and O–H groups in total. The fourth-order valence-electron chi connectivity index (χ4n) is 2.53. The fraction of sp³-hybridized carbons (Fsp3) is 0. The van der Waals surface area contributed by atoms with E-state index < -0.39 is 0 Å². The third-order valence-corrected chi connectivity index (χ3v) is 5.43. The summed E-state index contributed by atoms with van der Waals surface area (Å²) in [5.74, 6) is 0.218. The number of nitrogens with one attached hydrogen (secondary N) is 2. The molecule has 9 heteroatoms. The lowest BCUT2D eigenvalue weighted by Gasteiger charge is -2.03. The number of aromatic nitrogens is 1. The number of hydrogen-bond donors (Lipinski definition) is 2. The van der Waals surface area contributed by atoms with E-state index in [2.05, 4.69) is 36.8 Å². The SMILES string of the molecule is O=C(N/N=C\c1ccc(Br)o1)c1ccc(-c2csc(Nc3ccc(Cl)cc3)n2)cc1. The smallest absolute Gasteiger partial charge is 0.271 e. The Balaban J connectivity index is 1.38. The van der Waals surface area contributed by atoms with Gasteiger partial charge in [0.1, 0.15) is 5.76 Å². The molecule has 0 fully saturated rings. The number of amides is 1. The predicted molar refractivity (Wildman–Crippen MR) is 124 cm³/mol. The number of nitrogens with zero attached hydrogens (tertiary/aromatic N) is 2. The predicted octanol–water partition coefficient (Wildman–Crippen LogP) is 6.33. The largest absolute Gasteiger partial charge is 0.448 e. The standard InChI is InChI=1S/C21H14BrClN4O2S/c22-19-10-9-17(29-19)11-24-27-20(28)14-3-1-13(2-4-14)18-12-30-21(26-18)25-16-7-5-15(23)6-8-16/h1-12H,(H,25,26)(H,27,28)/b24-11-. The second-order valence-electron chi connectivity index (χ2n) is 6.09. The van der Waals surface area contributed by atoms with Gasteiger partial charge in [0.05, 0.1) is 11.9 Å². The Kier molecular flexibility index (Phi) is 6.27. The highest BCUT2D eigenvalue weighted by Crippen LogP contribution is 2.27. The zero-order chi connectivity index (χ0) is 20.9. The van der Waals surface area contributed by atoms with Crippen LogP contribution in [0.1, 0.15) is 16.1 Å². The van der Waals surface area contributed by atoms with Crippen LogP contribution in [-0.4, -0.2) is 17.1 Å². The van der Waals surface area contributed by atoms with E-state index >= 15 is 0 Å². The lowest BCUT2D eigenvalue weighted by Crippen LogP contribution is -2.17. The lowest BCUT2D eigenvalue weighted by molar-refractivity contribution is 0.0955. The molecule has 30 heavy (non-hydrogen) atoms. The minimum absolute atomic E-state index is 0.313. The van der Waals surface area contributed by atoms with Crippen LogP contribution in [0.4, 0.5) is 10.8 Å². The van der Waals surface area contributed by atoms with Crippen molar-refractivity contribution >= 4 is 61.8 Å². The van der Waals surface area contributed by atoms with Crippen LogP contribution in [0.15, 0.2) is 80.2 Å². The van der Waals surface area contributed by atoms with Crippen molar-refractivity contribution < 1.29 is 9.21 Å². The highest BCUT2D eigenvalue weighted by atomic mass is 79.9. The molecule has 0 aliphatic heterocycles. The summed E-state index contributed by atoms with van der Waals surface area (Å²) in [6, 6.07) is 18.1. The molecule has 1 amide bonds. The molecule has 4 rings (SSSR count). The van der Waals surface area contributed by atoms with Crippen molar-refractivity contribution in [3.8, 4) is 11.3 Å². The van der Waals surface area contributed by atoms with E-state index in [-0.39, 0.29) is 5.91 Å². The Hall–Kier alpha value is -2.94. The van der Waals surface area contributed by atoms with Crippen LogP contribution in [0.3, 0.4) is 0 Å². The Morgan fingerprint density at radius 1 is 1.10 bits per heavy atom. The van der Waals surface area contributed by atoms with Gasteiger partial charge in [0, 0.05) is 27.2 Å². The van der Waals surface area contributed by atoms with Gasteiger partial charge in [0.25, 0.3) is 5.91 Å². The van der Waals surface area contributed by atoms with E-state index in [0.29, 0.717) is 21.0 Å². The number of benzene rings is 2. The fourth-order valence-corrected chi connectivity index (χ4v) is 3.71. The van der Waals surface area contributed by atoms with Gasteiger partial charge in [-0.05, 0) is 64.5 Å². The number of carbonyl (C=O) groups excluding carboxylic acids is 1.